The molecule has 0 bridgehead atoms. The van der Waals surface area contributed by atoms with E-state index in [0.29, 0.717) is 24.4 Å². The number of amides is 2. The number of β-lactam (4-membered cyclic amide) rings is 1. The van der Waals surface area contributed by atoms with E-state index in [1.165, 1.54) is 11.8 Å². The number of rotatable bonds is 3. The van der Waals surface area contributed by atoms with E-state index in [1.54, 1.807) is 23.4 Å². The molecule has 3 aliphatic heterocycles. The molecule has 2 amide bonds. The predicted molar refractivity (Wildman–Crippen MR) is 89.4 cm³/mol. The second-order valence-electron chi connectivity index (χ2n) is 6.47. The van der Waals surface area contributed by atoms with Crippen molar-refractivity contribution < 1.29 is 50.5 Å². The molecule has 1 N–H and O–H groups in total. The van der Waals surface area contributed by atoms with Gasteiger partial charge in [-0.3, -0.25) is 14.5 Å². The Bertz CT molecular complexity index is 824. The van der Waals surface area contributed by atoms with Crippen LogP contribution in [-0.4, -0.2) is 61.3 Å². The summed E-state index contributed by atoms with van der Waals surface area (Å²) < 4.78 is 0. The van der Waals surface area contributed by atoms with E-state index in [4.69, 9.17) is 0 Å². The standard InChI is InChI=1S/C16H16N4O4S.Na.H/c1-7(21)19-6-8-5-9(13(25)14-17-3-2-4-18-14)11(16(23)24)20-10(8)12(19)15(20)22;;/h2-4,8,10,12-13,25H,5-6H2,1H3,(H,23,24);;/q;+1;-1/t8-,10-,12+,13?;;/m1../s1. The first-order valence-electron chi connectivity index (χ1n) is 7.93. The Kier molecular flexibility index (Phi) is 5.17. The second-order valence-corrected chi connectivity index (χ2v) is 6.98. The largest absolute Gasteiger partial charge is 1.00 e. The fourth-order valence-electron chi connectivity index (χ4n) is 4.15. The minimum atomic E-state index is -1.17. The summed E-state index contributed by atoms with van der Waals surface area (Å²) in [5.41, 5.74) is 0.473. The third-order valence-electron chi connectivity index (χ3n) is 5.16. The summed E-state index contributed by atoms with van der Waals surface area (Å²) in [6.45, 7) is 1.87. The third kappa shape index (κ3) is 2.69. The van der Waals surface area contributed by atoms with Crippen LogP contribution in [0.1, 0.15) is 25.8 Å². The number of aromatic nitrogens is 2. The number of carboxylic acids is 1. The van der Waals surface area contributed by atoms with Crippen LogP contribution in [0.2, 0.25) is 0 Å². The first-order valence-corrected chi connectivity index (χ1v) is 8.45. The molecule has 10 heteroatoms. The summed E-state index contributed by atoms with van der Waals surface area (Å²) in [6.07, 6.45) is 3.58. The number of hydrogen-bond acceptors (Lipinski definition) is 6. The molecule has 4 heterocycles. The molecule has 0 aliphatic carbocycles. The average molecular weight is 384 g/mol. The first kappa shape index (κ1) is 19.3. The van der Waals surface area contributed by atoms with Gasteiger partial charge in [0, 0.05) is 31.8 Å². The molecule has 8 nitrogen and oxygen atoms in total. The molecule has 0 spiro atoms. The Labute approximate surface area is 178 Å². The number of thiol groups is 1. The van der Waals surface area contributed by atoms with Crippen molar-refractivity contribution in [2.75, 3.05) is 6.54 Å². The maximum absolute atomic E-state index is 12.6. The zero-order chi connectivity index (χ0) is 17.9. The molecule has 2 saturated heterocycles. The number of nitrogens with zero attached hydrogens (tertiary/aromatic N) is 4. The fourth-order valence-corrected chi connectivity index (χ4v) is 4.51. The number of carbonyl (C=O) groups is 3. The van der Waals surface area contributed by atoms with Crippen LogP contribution in [0.3, 0.4) is 0 Å². The van der Waals surface area contributed by atoms with Gasteiger partial charge in [0.2, 0.25) is 5.91 Å². The molecule has 0 saturated carbocycles. The molecule has 26 heavy (non-hydrogen) atoms. The molecule has 1 aromatic heterocycles. The van der Waals surface area contributed by atoms with Crippen LogP contribution < -0.4 is 29.6 Å². The van der Waals surface area contributed by atoms with Gasteiger partial charge in [0.25, 0.3) is 5.91 Å². The number of carbonyl (C=O) groups excluding carboxylic acids is 2. The van der Waals surface area contributed by atoms with Gasteiger partial charge in [0.05, 0.1) is 11.3 Å². The molecule has 4 rings (SSSR count). The summed E-state index contributed by atoms with van der Waals surface area (Å²) in [4.78, 5) is 47.4. The van der Waals surface area contributed by atoms with Crippen LogP contribution in [0.25, 0.3) is 0 Å². The van der Waals surface area contributed by atoms with Gasteiger partial charge in [-0.15, -0.1) is 0 Å². The topological polar surface area (TPSA) is 104 Å². The van der Waals surface area contributed by atoms with E-state index in [2.05, 4.69) is 22.6 Å². The van der Waals surface area contributed by atoms with Gasteiger partial charge >= 0.3 is 35.5 Å². The van der Waals surface area contributed by atoms with Crippen LogP contribution in [0.5, 0.6) is 0 Å². The van der Waals surface area contributed by atoms with Crippen LogP contribution in [0.15, 0.2) is 29.7 Å². The molecule has 1 unspecified atom stereocenters. The summed E-state index contributed by atoms with van der Waals surface area (Å²) in [5.74, 6) is -1.28. The van der Waals surface area contributed by atoms with E-state index in [-0.39, 0.29) is 60.5 Å². The fraction of sp³-hybridized carbons (Fsp3) is 0.438. The summed E-state index contributed by atoms with van der Waals surface area (Å²) in [7, 11) is 0. The Morgan fingerprint density at radius 3 is 2.62 bits per heavy atom. The number of carboxylic acid groups (broad SMARTS) is 1. The molecule has 0 radical (unpaired) electrons. The summed E-state index contributed by atoms with van der Waals surface area (Å²) in [6, 6.07) is 0.867. The van der Waals surface area contributed by atoms with Crippen LogP contribution in [0.4, 0.5) is 0 Å². The van der Waals surface area contributed by atoms with Crippen molar-refractivity contribution in [3.8, 4) is 0 Å². The number of likely N-dealkylation sites (tertiary alicyclic amines) is 1. The molecule has 3 aliphatic rings. The van der Waals surface area contributed by atoms with Crippen LogP contribution in [-0.2, 0) is 14.4 Å². The normalized spacial score (nSPS) is 27.5. The number of hydrogen-bond donors (Lipinski definition) is 2. The van der Waals surface area contributed by atoms with Crippen molar-refractivity contribution in [1.82, 2.24) is 19.8 Å². The first-order chi connectivity index (χ1) is 11.9. The quantitative estimate of drug-likeness (QED) is 0.336. The van der Waals surface area contributed by atoms with Gasteiger partial charge in [0.15, 0.2) is 0 Å². The minimum Gasteiger partial charge on any atom is -1.00 e. The van der Waals surface area contributed by atoms with E-state index in [1.807, 2.05) is 0 Å². The Morgan fingerprint density at radius 2 is 2.04 bits per heavy atom. The van der Waals surface area contributed by atoms with E-state index in [9.17, 15) is 19.5 Å². The Balaban J connectivity index is 0.00000131. The van der Waals surface area contributed by atoms with Crippen molar-refractivity contribution in [1.29, 1.82) is 0 Å². The predicted octanol–water partition coefficient (Wildman–Crippen LogP) is -2.64. The smallest absolute Gasteiger partial charge is 1.00 e. The summed E-state index contributed by atoms with van der Waals surface area (Å²) in [5, 5.41) is 9.09. The summed E-state index contributed by atoms with van der Waals surface area (Å²) >= 11 is 4.53. The Hall–Kier alpha value is -1.42. The molecule has 132 valence electrons. The maximum Gasteiger partial charge on any atom is 1.00 e. The molecule has 1 aromatic rings. The monoisotopic (exact) mass is 384 g/mol. The van der Waals surface area contributed by atoms with E-state index in [0.717, 1.165) is 0 Å². The van der Waals surface area contributed by atoms with Crippen molar-refractivity contribution in [3.05, 3.63) is 35.6 Å². The van der Waals surface area contributed by atoms with Gasteiger partial charge in [-0.1, -0.05) is 0 Å². The average Bonchev–Trinajstić information content (AvgIpc) is 2.97. The third-order valence-corrected chi connectivity index (χ3v) is 5.70. The minimum absolute atomic E-state index is 0. The van der Waals surface area contributed by atoms with Gasteiger partial charge in [-0.2, -0.15) is 12.6 Å². The van der Waals surface area contributed by atoms with Gasteiger partial charge in [-0.25, -0.2) is 14.8 Å². The zero-order valence-corrected chi connectivity index (χ0v) is 17.3. The molecule has 2 fully saturated rings. The van der Waals surface area contributed by atoms with E-state index < -0.39 is 17.3 Å². The van der Waals surface area contributed by atoms with Crippen molar-refractivity contribution in [3.63, 3.8) is 0 Å². The second kappa shape index (κ2) is 6.95. The number of aliphatic carboxylic acids is 1. The van der Waals surface area contributed by atoms with Gasteiger partial charge in [-0.05, 0) is 18.1 Å². The molecular formula is C16H17N4NaO4S. The van der Waals surface area contributed by atoms with Crippen LogP contribution in [0, 0.1) is 5.92 Å². The SMILES string of the molecule is CC(=O)N1C[C@H]2CC(C(S)c3ncccn3)=C(C(=O)O)N3C(=O)[C@@H]1[C@@H]23.[H-].[Na+]. The van der Waals surface area contributed by atoms with Crippen molar-refractivity contribution >= 4 is 30.4 Å². The zero-order valence-electron chi connectivity index (χ0n) is 15.4. The van der Waals surface area contributed by atoms with E-state index >= 15 is 0 Å². The van der Waals surface area contributed by atoms with Gasteiger partial charge < -0.3 is 11.4 Å². The van der Waals surface area contributed by atoms with Crippen molar-refractivity contribution in [2.24, 2.45) is 5.92 Å². The van der Waals surface area contributed by atoms with Gasteiger partial charge in [0.1, 0.15) is 17.6 Å². The van der Waals surface area contributed by atoms with Crippen molar-refractivity contribution in [2.45, 2.75) is 30.7 Å². The maximum atomic E-state index is 12.6. The molecule has 4 atom stereocenters. The Morgan fingerprint density at radius 1 is 1.38 bits per heavy atom. The molecule has 0 aromatic carbocycles. The molecular weight excluding hydrogens is 367 g/mol. The van der Waals surface area contributed by atoms with Crippen LogP contribution >= 0.6 is 12.6 Å².